The lowest BCUT2D eigenvalue weighted by Gasteiger charge is -2.16. The third-order valence-corrected chi connectivity index (χ3v) is 10.7. The van der Waals surface area contributed by atoms with Crippen molar-refractivity contribution in [2.45, 2.75) is 0 Å². The summed E-state index contributed by atoms with van der Waals surface area (Å²) in [5.74, 6) is 0. The van der Waals surface area contributed by atoms with Gasteiger partial charge in [-0.25, -0.2) is 9.97 Å². The van der Waals surface area contributed by atoms with Crippen LogP contribution in [0, 0.1) is 0 Å². The van der Waals surface area contributed by atoms with Gasteiger partial charge in [-0.1, -0.05) is 194 Å². The maximum Gasteiger partial charge on any atom is 0.0728 e. The van der Waals surface area contributed by atoms with Crippen molar-refractivity contribution < 1.29 is 0 Å². The molecule has 0 aliphatic rings. The molecule has 2 heteroatoms. The van der Waals surface area contributed by atoms with Crippen LogP contribution in [0.3, 0.4) is 0 Å². The van der Waals surface area contributed by atoms with E-state index in [4.69, 9.17) is 9.97 Å². The smallest absolute Gasteiger partial charge is 0.0728 e. The van der Waals surface area contributed by atoms with E-state index in [1.807, 2.05) is 6.07 Å². The summed E-state index contributed by atoms with van der Waals surface area (Å²) in [6, 6.07) is 77.5. The monoisotopic (exact) mass is 712 g/mol. The highest BCUT2D eigenvalue weighted by molar-refractivity contribution is 6.18. The number of aromatic nitrogens is 2. The van der Waals surface area contributed by atoms with Crippen molar-refractivity contribution in [3.05, 3.63) is 218 Å². The molecule has 0 N–H and O–H groups in total. The summed E-state index contributed by atoms with van der Waals surface area (Å²) in [4.78, 5) is 10.5. The highest BCUT2D eigenvalue weighted by Crippen LogP contribution is 2.41. The third kappa shape index (κ3) is 6.34. The van der Waals surface area contributed by atoms with E-state index in [-0.39, 0.29) is 0 Å². The Balaban J connectivity index is 1.09. The van der Waals surface area contributed by atoms with Crippen molar-refractivity contribution in [3.63, 3.8) is 0 Å². The van der Waals surface area contributed by atoms with Crippen LogP contribution in [0.2, 0.25) is 0 Å². The molecule has 8 aromatic carbocycles. The molecule has 56 heavy (non-hydrogen) atoms. The summed E-state index contributed by atoms with van der Waals surface area (Å²) >= 11 is 0. The average Bonchev–Trinajstić information content (AvgIpc) is 3.29. The Morgan fingerprint density at radius 1 is 0.232 bits per heavy atom. The van der Waals surface area contributed by atoms with Crippen molar-refractivity contribution in [2.75, 3.05) is 0 Å². The molecule has 2 aromatic heterocycles. The van der Waals surface area contributed by atoms with Crippen molar-refractivity contribution in [3.8, 4) is 78.3 Å². The number of benzene rings is 8. The van der Waals surface area contributed by atoms with Gasteiger partial charge < -0.3 is 0 Å². The van der Waals surface area contributed by atoms with E-state index in [9.17, 15) is 0 Å². The molecule has 2 nitrogen and oxygen atoms in total. The van der Waals surface area contributed by atoms with Crippen molar-refractivity contribution >= 4 is 21.7 Å². The van der Waals surface area contributed by atoms with Gasteiger partial charge in [-0.2, -0.15) is 0 Å². The van der Waals surface area contributed by atoms with Crippen LogP contribution in [0.25, 0.3) is 100.0 Å². The zero-order chi connectivity index (χ0) is 37.3. The fourth-order valence-electron chi connectivity index (χ4n) is 7.85. The van der Waals surface area contributed by atoms with E-state index < -0.39 is 0 Å². The number of rotatable bonds is 7. The summed E-state index contributed by atoms with van der Waals surface area (Å²) in [5.41, 5.74) is 16.4. The van der Waals surface area contributed by atoms with Crippen LogP contribution < -0.4 is 0 Å². The molecular formula is C54H36N2. The lowest BCUT2D eigenvalue weighted by molar-refractivity contribution is 1.32. The highest BCUT2D eigenvalue weighted by Gasteiger charge is 2.17. The van der Waals surface area contributed by atoms with Crippen LogP contribution in [0.5, 0.6) is 0 Å². The predicted octanol–water partition coefficient (Wildman–Crippen LogP) is 14.5. The van der Waals surface area contributed by atoms with Gasteiger partial charge in [0, 0.05) is 22.1 Å². The van der Waals surface area contributed by atoms with E-state index in [0.29, 0.717) is 0 Å². The predicted molar refractivity (Wildman–Crippen MR) is 235 cm³/mol. The zero-order valence-corrected chi connectivity index (χ0v) is 30.7. The molecule has 0 aliphatic heterocycles. The highest BCUT2D eigenvalue weighted by atomic mass is 14.7. The minimum Gasteiger partial charge on any atom is -0.248 e. The Morgan fingerprint density at radius 2 is 0.607 bits per heavy atom. The second-order valence-electron chi connectivity index (χ2n) is 14.2. The molecule has 262 valence electrons. The normalized spacial score (nSPS) is 11.2. The second kappa shape index (κ2) is 14.4. The van der Waals surface area contributed by atoms with Gasteiger partial charge in [0.05, 0.1) is 22.6 Å². The van der Waals surface area contributed by atoms with Gasteiger partial charge in [0.15, 0.2) is 0 Å². The first-order chi connectivity index (χ1) is 27.7. The summed E-state index contributed by atoms with van der Waals surface area (Å²) in [5, 5.41) is 3.57. The Labute approximate surface area is 327 Å². The molecule has 2 heterocycles. The number of pyridine rings is 2. The van der Waals surface area contributed by atoms with Gasteiger partial charge in [-0.3, -0.25) is 0 Å². The van der Waals surface area contributed by atoms with Crippen LogP contribution >= 0.6 is 0 Å². The summed E-state index contributed by atoms with van der Waals surface area (Å²) in [6.07, 6.45) is 0. The quantitative estimate of drug-likeness (QED) is 0.154. The Kier molecular flexibility index (Phi) is 8.55. The van der Waals surface area contributed by atoms with Crippen LogP contribution in [-0.4, -0.2) is 9.97 Å². The Morgan fingerprint density at radius 3 is 1.18 bits per heavy atom. The third-order valence-electron chi connectivity index (χ3n) is 10.7. The number of fused-ring (bicyclic) bond motifs is 3. The molecular weight excluding hydrogens is 677 g/mol. The van der Waals surface area contributed by atoms with E-state index in [2.05, 4.69) is 212 Å². The van der Waals surface area contributed by atoms with Crippen LogP contribution in [0.4, 0.5) is 0 Å². The lowest BCUT2D eigenvalue weighted by atomic mass is 9.90. The van der Waals surface area contributed by atoms with Gasteiger partial charge in [-0.05, 0) is 79.5 Å². The first-order valence-electron chi connectivity index (χ1n) is 19.1. The molecule has 0 saturated carbocycles. The fourth-order valence-corrected chi connectivity index (χ4v) is 7.85. The second-order valence-corrected chi connectivity index (χ2v) is 14.2. The van der Waals surface area contributed by atoms with Gasteiger partial charge in [0.2, 0.25) is 0 Å². The summed E-state index contributed by atoms with van der Waals surface area (Å²) in [6.45, 7) is 0. The molecule has 0 spiro atoms. The molecule has 0 fully saturated rings. The molecule has 10 rings (SSSR count). The average molecular weight is 713 g/mol. The SMILES string of the molecule is c1ccc(-c2ccc(-c3cc(-c4ccc(-c5cc6nc(-c7ccccc7)cc(-c7ccccc7)c6c6ccccc56)cc4)cc(-c4ccccc4)n3)cc2)cc1. The topological polar surface area (TPSA) is 25.8 Å². The van der Waals surface area contributed by atoms with E-state index in [1.54, 1.807) is 0 Å². The molecule has 0 unspecified atom stereocenters. The Bertz CT molecular complexity index is 2960. The molecule has 0 saturated heterocycles. The molecule has 0 aliphatic carbocycles. The van der Waals surface area contributed by atoms with Crippen molar-refractivity contribution in [1.29, 1.82) is 0 Å². The number of nitrogens with zero attached hydrogens (tertiary/aromatic N) is 2. The number of hydrogen-bond acceptors (Lipinski definition) is 2. The molecule has 0 amide bonds. The van der Waals surface area contributed by atoms with E-state index in [1.165, 1.54) is 38.4 Å². The first kappa shape index (κ1) is 33.2. The van der Waals surface area contributed by atoms with Gasteiger partial charge in [-0.15, -0.1) is 0 Å². The van der Waals surface area contributed by atoms with E-state index >= 15 is 0 Å². The number of hydrogen-bond donors (Lipinski definition) is 0. The van der Waals surface area contributed by atoms with Gasteiger partial charge in [0.1, 0.15) is 0 Å². The van der Waals surface area contributed by atoms with Crippen molar-refractivity contribution in [1.82, 2.24) is 9.97 Å². The fraction of sp³-hybridized carbons (Fsp3) is 0. The minimum absolute atomic E-state index is 0.945. The first-order valence-corrected chi connectivity index (χ1v) is 19.1. The largest absolute Gasteiger partial charge is 0.248 e. The standard InChI is InChI=1S/C54H36N2/c1-5-15-37(16-6-1)38-27-31-44(32-28-38)51-34-45(33-50(55-51)42-19-9-3-10-20-42)39-25-29-41(30-26-39)48-35-53-54(47-24-14-13-23-46(47)48)49(40-17-7-2-8-18-40)36-52(56-53)43-21-11-4-12-22-43/h1-36H. The van der Waals surface area contributed by atoms with E-state index in [0.717, 1.165) is 61.5 Å². The maximum absolute atomic E-state index is 5.33. The van der Waals surface area contributed by atoms with Crippen LogP contribution in [0.1, 0.15) is 0 Å². The van der Waals surface area contributed by atoms with Gasteiger partial charge in [0.25, 0.3) is 0 Å². The van der Waals surface area contributed by atoms with Gasteiger partial charge >= 0.3 is 0 Å². The molecule has 0 atom stereocenters. The molecule has 10 aromatic rings. The molecule has 0 bridgehead atoms. The summed E-state index contributed by atoms with van der Waals surface area (Å²) < 4.78 is 0. The van der Waals surface area contributed by atoms with Crippen molar-refractivity contribution in [2.24, 2.45) is 0 Å². The minimum atomic E-state index is 0.945. The Hall–Kier alpha value is -7.42. The zero-order valence-electron chi connectivity index (χ0n) is 30.7. The lowest BCUT2D eigenvalue weighted by Crippen LogP contribution is -1.93. The maximum atomic E-state index is 5.33. The van der Waals surface area contributed by atoms with Crippen LogP contribution in [-0.2, 0) is 0 Å². The summed E-state index contributed by atoms with van der Waals surface area (Å²) in [7, 11) is 0. The molecule has 0 radical (unpaired) electrons. The van der Waals surface area contributed by atoms with Crippen LogP contribution in [0.15, 0.2) is 218 Å².